The number of halogens is 3. The van der Waals surface area contributed by atoms with Gasteiger partial charge in [-0.25, -0.2) is 17.5 Å². The summed E-state index contributed by atoms with van der Waals surface area (Å²) in [6.45, 7) is 1.28. The van der Waals surface area contributed by atoms with Crippen molar-refractivity contribution in [1.82, 2.24) is 10.0 Å². The van der Waals surface area contributed by atoms with Crippen molar-refractivity contribution in [2.75, 3.05) is 13.1 Å². The van der Waals surface area contributed by atoms with Crippen molar-refractivity contribution in [3.05, 3.63) is 28.5 Å². The third-order valence-corrected chi connectivity index (χ3v) is 5.27. The van der Waals surface area contributed by atoms with E-state index < -0.39 is 15.8 Å². The maximum absolute atomic E-state index is 12.9. The molecule has 1 heterocycles. The molecule has 0 spiro atoms. The molecule has 1 fully saturated rings. The second kappa shape index (κ2) is 6.99. The van der Waals surface area contributed by atoms with Gasteiger partial charge in [0.05, 0.1) is 4.90 Å². The Morgan fingerprint density at radius 2 is 2.21 bits per heavy atom. The summed E-state index contributed by atoms with van der Waals surface area (Å²) in [6.07, 6.45) is 2.03. The molecule has 0 saturated carbocycles. The molecule has 2 rings (SSSR count). The number of benzene rings is 1. The second-order valence-corrected chi connectivity index (χ2v) is 6.81. The smallest absolute Gasteiger partial charge is 0.241 e. The summed E-state index contributed by atoms with van der Waals surface area (Å²) in [6, 6.07) is 3.71. The topological polar surface area (TPSA) is 58.2 Å². The Kier molecular flexibility index (Phi) is 6.19. The SMILES string of the molecule is Cl.O=S(=O)(NCC1CCCN1)c1ccc(F)cc1Br. The van der Waals surface area contributed by atoms with E-state index in [9.17, 15) is 12.8 Å². The molecule has 19 heavy (non-hydrogen) atoms. The van der Waals surface area contributed by atoms with Crippen molar-refractivity contribution in [2.45, 2.75) is 23.8 Å². The van der Waals surface area contributed by atoms with Crippen molar-refractivity contribution >= 4 is 38.4 Å². The lowest BCUT2D eigenvalue weighted by Gasteiger charge is -2.12. The average molecular weight is 374 g/mol. The van der Waals surface area contributed by atoms with Crippen LogP contribution in [0.5, 0.6) is 0 Å². The van der Waals surface area contributed by atoms with Crippen molar-refractivity contribution in [1.29, 1.82) is 0 Å². The molecule has 1 unspecified atom stereocenters. The van der Waals surface area contributed by atoms with E-state index in [4.69, 9.17) is 0 Å². The van der Waals surface area contributed by atoms with E-state index >= 15 is 0 Å². The molecular weight excluding hydrogens is 359 g/mol. The van der Waals surface area contributed by atoms with Gasteiger partial charge in [-0.3, -0.25) is 0 Å². The van der Waals surface area contributed by atoms with E-state index in [2.05, 4.69) is 26.0 Å². The van der Waals surface area contributed by atoms with Gasteiger partial charge in [0.2, 0.25) is 10.0 Å². The highest BCUT2D eigenvalue weighted by Crippen LogP contribution is 2.22. The molecule has 0 aromatic heterocycles. The monoisotopic (exact) mass is 372 g/mol. The van der Waals surface area contributed by atoms with Gasteiger partial charge in [-0.1, -0.05) is 0 Å². The molecule has 1 aliphatic rings. The van der Waals surface area contributed by atoms with Gasteiger partial charge in [0, 0.05) is 17.1 Å². The van der Waals surface area contributed by atoms with Gasteiger partial charge in [-0.15, -0.1) is 12.4 Å². The molecule has 1 aromatic rings. The molecule has 0 bridgehead atoms. The molecule has 1 aromatic carbocycles. The van der Waals surface area contributed by atoms with Crippen LogP contribution >= 0.6 is 28.3 Å². The lowest BCUT2D eigenvalue weighted by atomic mass is 10.2. The van der Waals surface area contributed by atoms with Crippen molar-refractivity contribution in [3.63, 3.8) is 0 Å². The molecule has 8 heteroatoms. The summed E-state index contributed by atoms with van der Waals surface area (Å²) in [5, 5.41) is 3.21. The lowest BCUT2D eigenvalue weighted by Crippen LogP contribution is -2.37. The Morgan fingerprint density at radius 1 is 1.47 bits per heavy atom. The van der Waals surface area contributed by atoms with Crippen LogP contribution in [-0.2, 0) is 10.0 Å². The lowest BCUT2D eigenvalue weighted by molar-refractivity contribution is 0.551. The predicted molar refractivity (Wildman–Crippen MR) is 77.6 cm³/mol. The highest BCUT2D eigenvalue weighted by atomic mass is 79.9. The third kappa shape index (κ3) is 4.39. The van der Waals surface area contributed by atoms with Crippen LogP contribution in [0.1, 0.15) is 12.8 Å². The Morgan fingerprint density at radius 3 is 2.79 bits per heavy atom. The predicted octanol–water partition coefficient (Wildman–Crippen LogP) is 2.04. The van der Waals surface area contributed by atoms with Crippen LogP contribution < -0.4 is 10.0 Å². The van der Waals surface area contributed by atoms with Crippen LogP contribution in [0.2, 0.25) is 0 Å². The Balaban J connectivity index is 0.00000180. The molecule has 0 amide bonds. The molecule has 1 aliphatic heterocycles. The van der Waals surface area contributed by atoms with Crippen LogP contribution in [-0.4, -0.2) is 27.5 Å². The van der Waals surface area contributed by atoms with Gasteiger partial charge in [0.15, 0.2) is 0 Å². The van der Waals surface area contributed by atoms with E-state index in [0.29, 0.717) is 6.54 Å². The molecule has 108 valence electrons. The zero-order chi connectivity index (χ0) is 13.2. The van der Waals surface area contributed by atoms with Crippen molar-refractivity contribution in [3.8, 4) is 0 Å². The van der Waals surface area contributed by atoms with Crippen LogP contribution in [0.25, 0.3) is 0 Å². The van der Waals surface area contributed by atoms with E-state index in [-0.39, 0.29) is 27.8 Å². The number of hydrogen-bond acceptors (Lipinski definition) is 3. The highest BCUT2D eigenvalue weighted by Gasteiger charge is 2.21. The second-order valence-electron chi connectivity index (χ2n) is 4.22. The van der Waals surface area contributed by atoms with E-state index in [0.717, 1.165) is 31.5 Å². The maximum Gasteiger partial charge on any atom is 0.241 e. The summed E-state index contributed by atoms with van der Waals surface area (Å²) >= 11 is 3.06. The normalized spacial score (nSPS) is 19.2. The van der Waals surface area contributed by atoms with Gasteiger partial charge in [-0.2, -0.15) is 0 Å². The quantitative estimate of drug-likeness (QED) is 0.849. The maximum atomic E-state index is 12.9. The standard InChI is InChI=1S/C11H14BrFN2O2S.ClH/c12-10-6-8(13)3-4-11(10)18(16,17)15-7-9-2-1-5-14-9;/h3-4,6,9,14-15H,1-2,5,7H2;1H. The fourth-order valence-electron chi connectivity index (χ4n) is 1.91. The Hall–Kier alpha value is -0.210. The summed E-state index contributed by atoms with van der Waals surface area (Å²) in [5.41, 5.74) is 0. The fourth-order valence-corrected chi connectivity index (χ4v) is 4.04. The minimum absolute atomic E-state index is 0. The van der Waals surface area contributed by atoms with Crippen LogP contribution in [0, 0.1) is 5.82 Å². The highest BCUT2D eigenvalue weighted by molar-refractivity contribution is 9.10. The molecule has 1 atom stereocenters. The first-order valence-electron chi connectivity index (χ1n) is 5.67. The fraction of sp³-hybridized carbons (Fsp3) is 0.455. The number of sulfonamides is 1. The Labute approximate surface area is 126 Å². The number of hydrogen-bond donors (Lipinski definition) is 2. The zero-order valence-corrected chi connectivity index (χ0v) is 13.2. The summed E-state index contributed by atoms with van der Waals surface area (Å²) < 4.78 is 39.7. The van der Waals surface area contributed by atoms with Gasteiger partial charge in [0.25, 0.3) is 0 Å². The van der Waals surface area contributed by atoms with Gasteiger partial charge < -0.3 is 5.32 Å². The molecule has 2 N–H and O–H groups in total. The van der Waals surface area contributed by atoms with E-state index in [1.807, 2.05) is 0 Å². The van der Waals surface area contributed by atoms with Gasteiger partial charge >= 0.3 is 0 Å². The van der Waals surface area contributed by atoms with Crippen molar-refractivity contribution < 1.29 is 12.8 Å². The first-order valence-corrected chi connectivity index (χ1v) is 7.95. The summed E-state index contributed by atoms with van der Waals surface area (Å²) in [4.78, 5) is 0.0573. The van der Waals surface area contributed by atoms with Crippen LogP contribution in [0.4, 0.5) is 4.39 Å². The van der Waals surface area contributed by atoms with E-state index in [1.54, 1.807) is 0 Å². The number of nitrogens with one attached hydrogen (secondary N) is 2. The van der Waals surface area contributed by atoms with Gasteiger partial charge in [0.1, 0.15) is 5.82 Å². The molecule has 0 radical (unpaired) electrons. The number of rotatable bonds is 4. The van der Waals surface area contributed by atoms with Crippen LogP contribution in [0.15, 0.2) is 27.6 Å². The summed E-state index contributed by atoms with van der Waals surface area (Å²) in [7, 11) is -3.60. The average Bonchev–Trinajstić information content (AvgIpc) is 2.78. The van der Waals surface area contributed by atoms with Crippen LogP contribution in [0.3, 0.4) is 0 Å². The zero-order valence-electron chi connectivity index (χ0n) is 10.0. The third-order valence-electron chi connectivity index (χ3n) is 2.87. The minimum atomic E-state index is -3.60. The van der Waals surface area contributed by atoms with E-state index in [1.165, 1.54) is 6.07 Å². The molecule has 4 nitrogen and oxygen atoms in total. The van der Waals surface area contributed by atoms with Crippen molar-refractivity contribution in [2.24, 2.45) is 0 Å². The Bertz CT molecular complexity index is 535. The molecular formula is C11H15BrClFN2O2S. The van der Waals surface area contributed by atoms with Gasteiger partial charge in [-0.05, 0) is 53.5 Å². The summed E-state index contributed by atoms with van der Waals surface area (Å²) in [5.74, 6) is -0.474. The largest absolute Gasteiger partial charge is 0.313 e. The molecule has 1 saturated heterocycles. The molecule has 0 aliphatic carbocycles. The minimum Gasteiger partial charge on any atom is -0.313 e. The first-order chi connectivity index (χ1) is 8.49. The first kappa shape index (κ1) is 16.8.